The molecule has 0 aliphatic heterocycles. The monoisotopic (exact) mass is 372 g/mol. The van der Waals surface area contributed by atoms with Crippen molar-refractivity contribution in [3.8, 4) is 5.75 Å². The summed E-state index contributed by atoms with van der Waals surface area (Å²) in [6, 6.07) is 3.78. The molecule has 0 aliphatic rings. The second kappa shape index (κ2) is 8.84. The van der Waals surface area contributed by atoms with Gasteiger partial charge in [-0.25, -0.2) is 4.57 Å². The molecule has 1 N–H and O–H groups in total. The van der Waals surface area contributed by atoms with Crippen LogP contribution in [0.15, 0.2) is 12.1 Å². The lowest BCUT2D eigenvalue weighted by Gasteiger charge is -2.30. The lowest BCUT2D eigenvalue weighted by molar-refractivity contribution is -0.137. The molecule has 0 aliphatic carbocycles. The van der Waals surface area contributed by atoms with Crippen LogP contribution in [0.3, 0.4) is 0 Å². The van der Waals surface area contributed by atoms with Gasteiger partial charge in [0.25, 0.3) is 0 Å². The Morgan fingerprint density at radius 3 is 2.20 bits per heavy atom. The first-order valence-corrected chi connectivity index (χ1v) is 9.93. The van der Waals surface area contributed by atoms with Crippen molar-refractivity contribution in [1.82, 2.24) is 0 Å². The Kier molecular flexibility index (Phi) is 7.66. The lowest BCUT2D eigenvalue weighted by atomic mass is 9.77. The van der Waals surface area contributed by atoms with E-state index in [1.165, 1.54) is 0 Å². The van der Waals surface area contributed by atoms with Gasteiger partial charge >= 0.3 is 13.8 Å². The number of rotatable bonds is 10. The number of hydrogen-bond acceptors (Lipinski definition) is 5. The Morgan fingerprint density at radius 1 is 1.16 bits per heavy atom. The van der Waals surface area contributed by atoms with E-state index >= 15 is 0 Å². The van der Waals surface area contributed by atoms with Gasteiger partial charge in [-0.3, -0.25) is 13.8 Å². The van der Waals surface area contributed by atoms with Gasteiger partial charge < -0.3 is 9.63 Å². The van der Waals surface area contributed by atoms with E-state index in [1.807, 2.05) is 33.8 Å². The molecule has 0 unspecified atom stereocenters. The van der Waals surface area contributed by atoms with Crippen molar-refractivity contribution < 1.29 is 28.0 Å². The largest absolute Gasteiger partial charge is 0.530 e. The van der Waals surface area contributed by atoms with Gasteiger partial charge in [0.05, 0.1) is 13.2 Å². The molecular formula is C18H29O6P. The average Bonchev–Trinajstić information content (AvgIpc) is 2.44. The van der Waals surface area contributed by atoms with Crippen LogP contribution in [-0.4, -0.2) is 24.3 Å². The highest BCUT2D eigenvalue weighted by Crippen LogP contribution is 2.52. The summed E-state index contributed by atoms with van der Waals surface area (Å²) in [7, 11) is -3.73. The molecule has 25 heavy (non-hydrogen) atoms. The smallest absolute Gasteiger partial charge is 0.481 e. The van der Waals surface area contributed by atoms with Gasteiger partial charge in [0.2, 0.25) is 0 Å². The molecule has 7 heteroatoms. The van der Waals surface area contributed by atoms with Gasteiger partial charge in [-0.15, -0.1) is 0 Å². The minimum Gasteiger partial charge on any atom is -0.481 e. The van der Waals surface area contributed by atoms with Gasteiger partial charge in [0.15, 0.2) is 0 Å². The number of carbonyl (C=O) groups is 1. The number of carboxylic acid groups (broad SMARTS) is 1. The number of hydrogen-bond donors (Lipinski definition) is 1. The van der Waals surface area contributed by atoms with Crippen LogP contribution in [0.1, 0.15) is 57.2 Å². The van der Waals surface area contributed by atoms with E-state index in [-0.39, 0.29) is 19.6 Å². The Balaban J connectivity index is 3.35. The van der Waals surface area contributed by atoms with Crippen LogP contribution < -0.4 is 4.52 Å². The average molecular weight is 372 g/mol. The topological polar surface area (TPSA) is 82.1 Å². The van der Waals surface area contributed by atoms with Crippen molar-refractivity contribution in [1.29, 1.82) is 0 Å². The zero-order valence-electron chi connectivity index (χ0n) is 15.9. The maximum atomic E-state index is 12.8. The van der Waals surface area contributed by atoms with Gasteiger partial charge in [-0.1, -0.05) is 19.9 Å². The number of aryl methyl sites for hydroxylation is 2. The van der Waals surface area contributed by atoms with Crippen LogP contribution >= 0.6 is 7.82 Å². The summed E-state index contributed by atoms with van der Waals surface area (Å²) in [6.45, 7) is 11.6. The Bertz CT molecular complexity index is 643. The van der Waals surface area contributed by atoms with E-state index < -0.39 is 19.2 Å². The highest BCUT2D eigenvalue weighted by molar-refractivity contribution is 7.48. The predicted molar refractivity (Wildman–Crippen MR) is 97.3 cm³/mol. The zero-order chi connectivity index (χ0) is 19.3. The van der Waals surface area contributed by atoms with E-state index in [0.29, 0.717) is 12.2 Å². The zero-order valence-corrected chi connectivity index (χ0v) is 16.8. The van der Waals surface area contributed by atoms with Gasteiger partial charge in [-0.2, -0.15) is 0 Å². The summed E-state index contributed by atoms with van der Waals surface area (Å²) >= 11 is 0. The third-order valence-corrected chi connectivity index (χ3v) is 5.44. The minimum absolute atomic E-state index is 0.0360. The van der Waals surface area contributed by atoms with Crippen molar-refractivity contribution in [3.05, 3.63) is 28.8 Å². The molecule has 0 bridgehead atoms. The molecule has 0 spiro atoms. The Morgan fingerprint density at radius 2 is 1.72 bits per heavy atom. The quantitative estimate of drug-likeness (QED) is 0.582. The number of aliphatic carboxylic acids is 1. The predicted octanol–water partition coefficient (Wildman–Crippen LogP) is 5.01. The van der Waals surface area contributed by atoms with Crippen molar-refractivity contribution in [2.75, 3.05) is 13.2 Å². The summed E-state index contributed by atoms with van der Waals surface area (Å²) in [5.41, 5.74) is 2.24. The van der Waals surface area contributed by atoms with Crippen LogP contribution in [0, 0.1) is 13.8 Å². The van der Waals surface area contributed by atoms with E-state index in [1.54, 1.807) is 19.9 Å². The van der Waals surface area contributed by atoms with E-state index in [0.717, 1.165) is 16.7 Å². The number of phosphoric ester groups is 1. The maximum absolute atomic E-state index is 12.8. The summed E-state index contributed by atoms with van der Waals surface area (Å²) in [6.07, 6.45) is 0.463. The van der Waals surface area contributed by atoms with Crippen molar-refractivity contribution in [2.45, 2.75) is 59.8 Å². The van der Waals surface area contributed by atoms with Crippen molar-refractivity contribution >= 4 is 13.8 Å². The molecule has 0 fully saturated rings. The molecule has 1 rings (SSSR count). The van der Waals surface area contributed by atoms with Crippen molar-refractivity contribution in [2.24, 2.45) is 0 Å². The normalized spacial score (nSPS) is 12.2. The molecule has 0 aromatic heterocycles. The van der Waals surface area contributed by atoms with E-state index in [4.69, 9.17) is 18.7 Å². The Hall–Kier alpha value is -1.36. The fourth-order valence-electron chi connectivity index (χ4n) is 2.94. The fourth-order valence-corrected chi connectivity index (χ4v) is 4.14. The number of carboxylic acids is 1. The molecule has 1 aromatic carbocycles. The first kappa shape index (κ1) is 21.7. The van der Waals surface area contributed by atoms with Gasteiger partial charge in [0, 0.05) is 12.0 Å². The molecule has 0 amide bonds. The second-order valence-electron chi connectivity index (χ2n) is 6.61. The standard InChI is InChI=1S/C18H29O6P/c1-7-22-25(21,23-8-2)24-15-12-13(3)11-14(4)17(15)18(5,6)10-9-16(19)20/h11-12H,7-10H2,1-6H3,(H,19,20). The van der Waals surface area contributed by atoms with E-state index in [9.17, 15) is 9.36 Å². The fraction of sp³-hybridized carbons (Fsp3) is 0.611. The molecule has 0 radical (unpaired) electrons. The van der Waals surface area contributed by atoms with Crippen LogP contribution in [0.4, 0.5) is 0 Å². The lowest BCUT2D eigenvalue weighted by Crippen LogP contribution is -2.21. The first-order chi connectivity index (χ1) is 11.5. The van der Waals surface area contributed by atoms with E-state index in [2.05, 4.69) is 0 Å². The highest BCUT2D eigenvalue weighted by atomic mass is 31.2. The third kappa shape index (κ3) is 6.14. The first-order valence-electron chi connectivity index (χ1n) is 8.47. The molecule has 142 valence electrons. The molecule has 1 aromatic rings. The highest BCUT2D eigenvalue weighted by Gasteiger charge is 2.33. The number of phosphoric acid groups is 1. The third-order valence-electron chi connectivity index (χ3n) is 3.87. The number of benzene rings is 1. The summed E-state index contributed by atoms with van der Waals surface area (Å²) < 4.78 is 29.0. The molecule has 6 nitrogen and oxygen atoms in total. The van der Waals surface area contributed by atoms with Crippen LogP contribution in [0.2, 0.25) is 0 Å². The van der Waals surface area contributed by atoms with Crippen molar-refractivity contribution in [3.63, 3.8) is 0 Å². The maximum Gasteiger partial charge on any atom is 0.530 e. The van der Waals surface area contributed by atoms with Crippen LogP contribution in [0.5, 0.6) is 5.75 Å². The summed E-state index contributed by atoms with van der Waals surface area (Å²) in [5, 5.41) is 9.02. The molecule has 0 heterocycles. The van der Waals surface area contributed by atoms with Gasteiger partial charge in [0.1, 0.15) is 5.75 Å². The molecule has 0 atom stereocenters. The Labute approximate surface area is 150 Å². The SMILES string of the molecule is CCOP(=O)(OCC)Oc1cc(C)cc(C)c1C(C)(C)CCC(=O)O. The molecular weight excluding hydrogens is 343 g/mol. The summed E-state index contributed by atoms with van der Waals surface area (Å²) in [4.78, 5) is 11.0. The summed E-state index contributed by atoms with van der Waals surface area (Å²) in [5.74, 6) is -0.437. The second-order valence-corrected chi connectivity index (χ2v) is 8.20. The van der Waals surface area contributed by atoms with Crippen LogP contribution in [0.25, 0.3) is 0 Å². The molecule has 0 saturated heterocycles. The minimum atomic E-state index is -3.73. The molecule has 0 saturated carbocycles. The van der Waals surface area contributed by atoms with Gasteiger partial charge in [-0.05, 0) is 56.7 Å². The van der Waals surface area contributed by atoms with Crippen LogP contribution in [-0.2, 0) is 23.8 Å².